The van der Waals surface area contributed by atoms with Gasteiger partial charge in [-0.2, -0.15) is 0 Å². The Bertz CT molecular complexity index is 283. The Morgan fingerprint density at radius 3 is 2.24 bits per heavy atom. The van der Waals surface area contributed by atoms with E-state index in [-0.39, 0.29) is 0 Å². The summed E-state index contributed by atoms with van der Waals surface area (Å²) in [5, 5.41) is 0. The summed E-state index contributed by atoms with van der Waals surface area (Å²) in [7, 11) is -2.04. The summed E-state index contributed by atoms with van der Waals surface area (Å²) in [5.74, 6) is 0. The van der Waals surface area contributed by atoms with Gasteiger partial charge >= 0.3 is 8.72 Å². The van der Waals surface area contributed by atoms with Gasteiger partial charge < -0.3 is 8.85 Å². The van der Waals surface area contributed by atoms with E-state index in [1.165, 1.54) is 64.3 Å². The molecule has 4 heteroatoms. The van der Waals surface area contributed by atoms with Crippen LogP contribution in [0.3, 0.4) is 0 Å². The summed E-state index contributed by atoms with van der Waals surface area (Å²) < 4.78 is 15.4. The van der Waals surface area contributed by atoms with Crippen molar-refractivity contribution in [2.75, 3.05) is 13.2 Å². The summed E-state index contributed by atoms with van der Waals surface area (Å²) in [5.41, 5.74) is 0.630. The lowest BCUT2D eigenvalue weighted by atomic mass is 10.1. The van der Waals surface area contributed by atoms with Gasteiger partial charge in [0.05, 0.1) is 5.67 Å². The number of hydrogen-bond donors (Lipinski definition) is 0. The molecule has 2 aliphatic heterocycles. The fourth-order valence-electron chi connectivity index (χ4n) is 3.63. The molecule has 0 aliphatic carbocycles. The second kappa shape index (κ2) is 8.66. The second-order valence-electron chi connectivity index (χ2n) is 6.73. The van der Waals surface area contributed by atoms with Crippen LogP contribution in [-0.2, 0) is 8.85 Å². The van der Waals surface area contributed by atoms with Crippen molar-refractivity contribution in [1.82, 2.24) is 4.57 Å². The van der Waals surface area contributed by atoms with Crippen LogP contribution in [0.4, 0.5) is 0 Å². The van der Waals surface area contributed by atoms with E-state index in [0.717, 1.165) is 13.0 Å². The molecular weight excluding hydrogens is 278 g/mol. The zero-order chi connectivity index (χ0) is 15.1. The molecule has 21 heavy (non-hydrogen) atoms. The van der Waals surface area contributed by atoms with Crippen LogP contribution in [0.1, 0.15) is 85.0 Å². The highest BCUT2D eigenvalue weighted by molar-refractivity contribution is 6.76. The minimum absolute atomic E-state index is 0.339. The molecule has 3 nitrogen and oxygen atoms in total. The molecule has 0 N–H and O–H groups in total. The van der Waals surface area contributed by atoms with Crippen molar-refractivity contribution in [3.05, 3.63) is 0 Å². The first kappa shape index (κ1) is 17.5. The molecule has 2 heterocycles. The SMILES string of the molecule is CCO[Si]1(OC(C)CC)C2CCCCCCCCCCN21. The van der Waals surface area contributed by atoms with Crippen molar-refractivity contribution in [1.29, 1.82) is 0 Å². The smallest absolute Gasteiger partial charge is 0.382 e. The van der Waals surface area contributed by atoms with Crippen LogP contribution in [0, 0.1) is 0 Å². The maximum atomic E-state index is 6.48. The van der Waals surface area contributed by atoms with E-state index in [9.17, 15) is 0 Å². The molecule has 0 radical (unpaired) electrons. The Labute approximate surface area is 132 Å². The minimum atomic E-state index is -2.04. The summed E-state index contributed by atoms with van der Waals surface area (Å²) in [6, 6.07) is 0. The van der Waals surface area contributed by atoms with Crippen molar-refractivity contribution in [2.24, 2.45) is 0 Å². The first-order valence-electron chi connectivity index (χ1n) is 9.33. The monoisotopic (exact) mass is 313 g/mol. The van der Waals surface area contributed by atoms with Gasteiger partial charge in [0.15, 0.2) is 0 Å². The average molecular weight is 314 g/mol. The van der Waals surface area contributed by atoms with Crippen LogP contribution >= 0.6 is 0 Å². The summed E-state index contributed by atoms with van der Waals surface area (Å²) in [6.07, 6.45) is 13.9. The lowest BCUT2D eigenvalue weighted by Crippen LogP contribution is -2.38. The van der Waals surface area contributed by atoms with Crippen molar-refractivity contribution in [2.45, 2.75) is 96.7 Å². The van der Waals surface area contributed by atoms with Crippen LogP contribution in [0.25, 0.3) is 0 Å². The standard InChI is InChI=1S/C17H35NO2Si/c1-4-16(3)20-21(19-5-2)17-14-12-10-8-6-7-9-11-13-15-18(17)21/h16-17H,4-15H2,1-3H3. The van der Waals surface area contributed by atoms with Gasteiger partial charge in [0.1, 0.15) is 0 Å². The largest absolute Gasteiger partial charge is 0.445 e. The van der Waals surface area contributed by atoms with Gasteiger partial charge in [-0.15, -0.1) is 0 Å². The van der Waals surface area contributed by atoms with Gasteiger partial charge in [-0.25, -0.2) is 0 Å². The van der Waals surface area contributed by atoms with Crippen molar-refractivity contribution in [3.63, 3.8) is 0 Å². The lowest BCUT2D eigenvalue weighted by Gasteiger charge is -2.20. The summed E-state index contributed by atoms with van der Waals surface area (Å²) in [6.45, 7) is 8.54. The quantitative estimate of drug-likeness (QED) is 0.550. The molecule has 0 amide bonds. The van der Waals surface area contributed by atoms with Crippen molar-refractivity contribution in [3.8, 4) is 0 Å². The fraction of sp³-hybridized carbons (Fsp3) is 1.00. The molecule has 0 aromatic carbocycles. The zero-order valence-electron chi connectivity index (χ0n) is 14.4. The highest BCUT2D eigenvalue weighted by atomic mass is 28.4. The molecule has 2 aliphatic rings. The molecule has 0 aromatic heterocycles. The van der Waals surface area contributed by atoms with Crippen molar-refractivity contribution < 1.29 is 8.85 Å². The van der Waals surface area contributed by atoms with Crippen molar-refractivity contribution >= 4 is 8.72 Å². The third-order valence-electron chi connectivity index (χ3n) is 5.05. The van der Waals surface area contributed by atoms with E-state index in [2.05, 4.69) is 25.3 Å². The van der Waals surface area contributed by atoms with Crippen LogP contribution in [0.15, 0.2) is 0 Å². The maximum absolute atomic E-state index is 6.48. The molecule has 2 rings (SSSR count). The fourth-order valence-corrected chi connectivity index (χ4v) is 7.84. The molecule has 4 atom stereocenters. The number of rotatable bonds is 5. The average Bonchev–Trinajstić information content (AvgIpc) is 3.03. The van der Waals surface area contributed by atoms with E-state index in [4.69, 9.17) is 8.85 Å². The normalized spacial score (nSPS) is 36.1. The topological polar surface area (TPSA) is 21.5 Å². The van der Waals surface area contributed by atoms with Gasteiger partial charge in [-0.3, -0.25) is 4.57 Å². The van der Waals surface area contributed by atoms with E-state index in [0.29, 0.717) is 11.8 Å². The van der Waals surface area contributed by atoms with E-state index < -0.39 is 8.72 Å². The van der Waals surface area contributed by atoms with Gasteiger partial charge in [0.25, 0.3) is 0 Å². The zero-order valence-corrected chi connectivity index (χ0v) is 15.4. The highest BCUT2D eigenvalue weighted by Gasteiger charge is 2.70. The Morgan fingerprint density at radius 1 is 1.00 bits per heavy atom. The molecule has 0 spiro atoms. The van der Waals surface area contributed by atoms with Gasteiger partial charge in [0.2, 0.25) is 0 Å². The van der Waals surface area contributed by atoms with Gasteiger partial charge in [-0.1, -0.05) is 51.9 Å². The molecule has 2 saturated heterocycles. The predicted octanol–water partition coefficient (Wildman–Crippen LogP) is 4.52. The van der Waals surface area contributed by atoms with Gasteiger partial charge in [-0.05, 0) is 39.7 Å². The number of hydrogen-bond acceptors (Lipinski definition) is 3. The molecule has 0 aromatic rings. The Morgan fingerprint density at radius 2 is 1.62 bits per heavy atom. The third-order valence-corrected chi connectivity index (χ3v) is 9.01. The van der Waals surface area contributed by atoms with Crippen LogP contribution in [-0.4, -0.2) is 38.2 Å². The number of fused-ring (bicyclic) bond motifs is 1. The van der Waals surface area contributed by atoms with Crippen LogP contribution in [0.5, 0.6) is 0 Å². The molecule has 4 unspecified atom stereocenters. The molecule has 0 saturated carbocycles. The van der Waals surface area contributed by atoms with E-state index >= 15 is 0 Å². The summed E-state index contributed by atoms with van der Waals surface area (Å²) in [4.78, 5) is 0. The highest BCUT2D eigenvalue weighted by Crippen LogP contribution is 2.43. The lowest BCUT2D eigenvalue weighted by molar-refractivity contribution is 0.130. The molecule has 2 fully saturated rings. The Hall–Kier alpha value is 0.0969. The predicted molar refractivity (Wildman–Crippen MR) is 90.3 cm³/mol. The Kier molecular flexibility index (Phi) is 7.19. The maximum Gasteiger partial charge on any atom is 0.445 e. The Balaban J connectivity index is 1.98. The first-order chi connectivity index (χ1) is 10.2. The van der Waals surface area contributed by atoms with E-state index in [1.807, 2.05) is 0 Å². The van der Waals surface area contributed by atoms with Crippen LogP contribution < -0.4 is 0 Å². The van der Waals surface area contributed by atoms with Crippen LogP contribution in [0.2, 0.25) is 0 Å². The first-order valence-corrected chi connectivity index (χ1v) is 11.2. The van der Waals surface area contributed by atoms with E-state index in [1.54, 1.807) is 0 Å². The molecular formula is C17H35NO2Si. The minimum Gasteiger partial charge on any atom is -0.382 e. The summed E-state index contributed by atoms with van der Waals surface area (Å²) >= 11 is 0. The molecule has 0 bridgehead atoms. The van der Waals surface area contributed by atoms with Gasteiger partial charge in [0, 0.05) is 12.7 Å². The molecule has 124 valence electrons. The third kappa shape index (κ3) is 4.53. The second-order valence-corrected chi connectivity index (χ2v) is 9.75. The number of nitrogens with zero attached hydrogens (tertiary/aromatic N) is 1.